The molecule has 4 amide bonds. The fourth-order valence-electron chi connectivity index (χ4n) is 8.92. The Morgan fingerprint density at radius 2 is 1.64 bits per heavy atom. The van der Waals surface area contributed by atoms with Gasteiger partial charge in [0.25, 0.3) is 11.8 Å². The first-order valence-corrected chi connectivity index (χ1v) is 20.8. The van der Waals surface area contributed by atoms with Crippen molar-refractivity contribution in [2.45, 2.75) is 83.2 Å². The molecular formula is C44H49F3N8O6. The van der Waals surface area contributed by atoms with E-state index in [0.717, 1.165) is 87.5 Å². The first kappa shape index (κ1) is 41.8. The van der Waals surface area contributed by atoms with Crippen LogP contribution in [-0.2, 0) is 15.8 Å². The van der Waals surface area contributed by atoms with Crippen molar-refractivity contribution in [2.75, 3.05) is 55.8 Å². The molecule has 3 aromatic carbocycles. The molecule has 2 unspecified atom stereocenters. The fraction of sp³-hybridized carbons (Fsp3) is 0.455. The van der Waals surface area contributed by atoms with Crippen LogP contribution >= 0.6 is 0 Å². The van der Waals surface area contributed by atoms with Crippen LogP contribution in [0.25, 0.3) is 10.9 Å². The number of fused-ring (bicyclic) bond motifs is 2. The van der Waals surface area contributed by atoms with Gasteiger partial charge in [-0.3, -0.25) is 29.4 Å². The lowest BCUT2D eigenvalue weighted by atomic mass is 9.92. The number of aryl methyl sites for hydroxylation is 1. The smallest absolute Gasteiger partial charge is 0.416 e. The highest BCUT2D eigenvalue weighted by Gasteiger charge is 2.45. The number of nitrogen functional groups attached to an aromatic ring is 1. The predicted molar refractivity (Wildman–Crippen MR) is 221 cm³/mol. The summed E-state index contributed by atoms with van der Waals surface area (Å²) in [6.45, 7) is 7.89. The van der Waals surface area contributed by atoms with Gasteiger partial charge in [0.2, 0.25) is 11.8 Å². The van der Waals surface area contributed by atoms with Gasteiger partial charge in [0, 0.05) is 55.4 Å². The van der Waals surface area contributed by atoms with Crippen molar-refractivity contribution < 1.29 is 41.8 Å². The number of benzene rings is 3. The van der Waals surface area contributed by atoms with Gasteiger partial charge in [-0.1, -0.05) is 0 Å². The first-order chi connectivity index (χ1) is 29.1. The zero-order chi connectivity index (χ0) is 43.2. The van der Waals surface area contributed by atoms with E-state index in [4.69, 9.17) is 15.2 Å². The molecule has 17 heteroatoms. The van der Waals surface area contributed by atoms with Gasteiger partial charge in [-0.2, -0.15) is 13.2 Å². The topological polar surface area (TPSA) is 172 Å². The van der Waals surface area contributed by atoms with Crippen molar-refractivity contribution in [3.63, 3.8) is 0 Å². The second-order valence-corrected chi connectivity index (χ2v) is 16.4. The van der Waals surface area contributed by atoms with Crippen LogP contribution in [0.5, 0.6) is 11.5 Å². The summed E-state index contributed by atoms with van der Waals surface area (Å²) in [5, 5.41) is 6.16. The number of carbonyl (C=O) groups excluding carboxylic acids is 4. The van der Waals surface area contributed by atoms with E-state index in [2.05, 4.69) is 30.4 Å². The van der Waals surface area contributed by atoms with E-state index < -0.39 is 47.5 Å². The number of anilines is 3. The van der Waals surface area contributed by atoms with E-state index in [1.54, 1.807) is 39.2 Å². The molecule has 61 heavy (non-hydrogen) atoms. The molecule has 0 aliphatic carbocycles. The average molecular weight is 843 g/mol. The number of methoxy groups -OCH3 is 1. The number of aromatic nitrogens is 2. The minimum absolute atomic E-state index is 0.0203. The fourth-order valence-corrected chi connectivity index (χ4v) is 8.92. The molecule has 0 radical (unpaired) electrons. The van der Waals surface area contributed by atoms with Crippen LogP contribution in [-0.4, -0.2) is 95.4 Å². The quantitative estimate of drug-likeness (QED) is 0.114. The Bertz CT molecular complexity index is 2380. The number of nitrogens with two attached hydrogens (primary N) is 1. The van der Waals surface area contributed by atoms with Crippen molar-refractivity contribution in [1.29, 1.82) is 0 Å². The van der Waals surface area contributed by atoms with Gasteiger partial charge in [0.1, 0.15) is 23.8 Å². The van der Waals surface area contributed by atoms with Gasteiger partial charge in [0.15, 0.2) is 11.5 Å². The number of nitrogens with one attached hydrogen (secondary N) is 2. The molecule has 1 aromatic heterocycles. The van der Waals surface area contributed by atoms with Gasteiger partial charge < -0.3 is 30.3 Å². The third-order valence-electron chi connectivity index (χ3n) is 12.3. The highest BCUT2D eigenvalue weighted by atomic mass is 19.4. The van der Waals surface area contributed by atoms with E-state index in [9.17, 15) is 32.3 Å². The molecule has 0 spiro atoms. The molecule has 0 bridgehead atoms. The maximum Gasteiger partial charge on any atom is 0.416 e. The maximum atomic E-state index is 13.6. The number of alkyl halides is 3. The third-order valence-corrected chi connectivity index (χ3v) is 12.3. The van der Waals surface area contributed by atoms with E-state index in [1.807, 2.05) is 12.1 Å². The molecule has 4 aliphatic heterocycles. The summed E-state index contributed by atoms with van der Waals surface area (Å²) in [5.41, 5.74) is 7.48. The number of piperidine rings is 3. The van der Waals surface area contributed by atoms with Crippen molar-refractivity contribution in [3.05, 3.63) is 76.6 Å². The molecule has 5 heterocycles. The standard InChI is InChI=1S/C44H49F3N8O6/c1-24(27-18-28(44(45,46)47)20-29(48)19-27)49-40-34-22-38(37(60-3)23-35(34)50-25(2)51-40)61-31-11-14-53(15-12-31)13-8-26-9-16-54(17-10-26)30-4-5-32-33(21-30)43(59)55(42(32)58)36-6-7-39(56)52-41(36)57/h4-5,18-24,26,31,36H,6-17,48H2,1-3H3,(H,49,50,51)(H,52,56,57). The minimum Gasteiger partial charge on any atom is -0.493 e. The van der Waals surface area contributed by atoms with Crippen molar-refractivity contribution in [2.24, 2.45) is 5.92 Å². The van der Waals surface area contributed by atoms with Crippen LogP contribution in [0.2, 0.25) is 0 Å². The summed E-state index contributed by atoms with van der Waals surface area (Å²) < 4.78 is 52.9. The number of hydrogen-bond acceptors (Lipinski definition) is 12. The Morgan fingerprint density at radius 1 is 0.902 bits per heavy atom. The van der Waals surface area contributed by atoms with Gasteiger partial charge in [-0.15, -0.1) is 0 Å². The molecule has 4 N–H and O–H groups in total. The lowest BCUT2D eigenvalue weighted by molar-refractivity contribution is -0.138. The number of ether oxygens (including phenoxy) is 2. The number of imide groups is 2. The molecule has 14 nitrogen and oxygen atoms in total. The Kier molecular flexibility index (Phi) is 11.5. The van der Waals surface area contributed by atoms with Crippen molar-refractivity contribution >= 4 is 51.7 Å². The molecule has 3 saturated heterocycles. The summed E-state index contributed by atoms with van der Waals surface area (Å²) in [6, 6.07) is 10.9. The van der Waals surface area contributed by atoms with Crippen LogP contribution in [0.15, 0.2) is 48.5 Å². The summed E-state index contributed by atoms with van der Waals surface area (Å²) in [6.07, 6.45) is 0.330. The summed E-state index contributed by atoms with van der Waals surface area (Å²) in [7, 11) is 1.57. The van der Waals surface area contributed by atoms with Crippen LogP contribution in [0.3, 0.4) is 0 Å². The maximum absolute atomic E-state index is 13.6. The molecule has 322 valence electrons. The zero-order valence-electron chi connectivity index (χ0n) is 34.3. The second kappa shape index (κ2) is 16.8. The van der Waals surface area contributed by atoms with Gasteiger partial charge in [-0.05, 0) is 113 Å². The molecule has 3 fully saturated rings. The number of hydrogen-bond donors (Lipinski definition) is 3. The Labute approximate surface area is 350 Å². The van der Waals surface area contributed by atoms with E-state index in [1.165, 1.54) is 6.07 Å². The highest BCUT2D eigenvalue weighted by molar-refractivity contribution is 6.23. The largest absolute Gasteiger partial charge is 0.493 e. The first-order valence-electron chi connectivity index (χ1n) is 20.8. The predicted octanol–water partition coefficient (Wildman–Crippen LogP) is 6.27. The molecule has 4 aliphatic rings. The Morgan fingerprint density at radius 3 is 2.34 bits per heavy atom. The second-order valence-electron chi connectivity index (χ2n) is 16.4. The van der Waals surface area contributed by atoms with Gasteiger partial charge in [-0.25, -0.2) is 9.97 Å². The summed E-state index contributed by atoms with van der Waals surface area (Å²) in [4.78, 5) is 65.5. The number of likely N-dealkylation sites (tertiary alicyclic amines) is 1. The monoisotopic (exact) mass is 842 g/mol. The van der Waals surface area contributed by atoms with Gasteiger partial charge >= 0.3 is 6.18 Å². The summed E-state index contributed by atoms with van der Waals surface area (Å²) >= 11 is 0. The van der Waals surface area contributed by atoms with Crippen LogP contribution in [0.1, 0.15) is 95.6 Å². The molecular weight excluding hydrogens is 794 g/mol. The highest BCUT2D eigenvalue weighted by Crippen LogP contribution is 2.39. The van der Waals surface area contributed by atoms with Gasteiger partial charge in [0.05, 0.1) is 35.4 Å². The lowest BCUT2D eigenvalue weighted by Crippen LogP contribution is -2.54. The summed E-state index contributed by atoms with van der Waals surface area (Å²) in [5.74, 6) is 0.523. The van der Waals surface area contributed by atoms with Crippen LogP contribution in [0, 0.1) is 12.8 Å². The molecule has 8 rings (SSSR count). The normalized spacial score (nSPS) is 19.9. The minimum atomic E-state index is -4.53. The molecule has 4 aromatic rings. The van der Waals surface area contributed by atoms with E-state index in [0.29, 0.717) is 51.1 Å². The zero-order valence-corrected chi connectivity index (χ0v) is 34.3. The van der Waals surface area contributed by atoms with Crippen LogP contribution < -0.4 is 30.7 Å². The lowest BCUT2D eigenvalue weighted by Gasteiger charge is -2.36. The Hall–Kier alpha value is -5.97. The number of amides is 4. The Balaban J connectivity index is 0.838. The SMILES string of the molecule is COc1cc2nc(C)nc(NC(C)c3cc(N)cc(C(F)(F)F)c3)c2cc1OC1CCN(CCC2CCN(c3ccc4c(c3)C(=O)N(C3CCC(=O)NC3=O)C4=O)CC2)CC1. The average Bonchev–Trinajstić information content (AvgIpc) is 3.47. The number of halogens is 3. The number of nitrogens with zero attached hydrogens (tertiary/aromatic N) is 5. The third kappa shape index (κ3) is 8.79. The van der Waals surface area contributed by atoms with E-state index >= 15 is 0 Å². The number of carbonyl (C=O) groups is 4. The molecule has 0 saturated carbocycles. The van der Waals surface area contributed by atoms with Crippen molar-refractivity contribution in [1.82, 2.24) is 25.1 Å². The molecule has 2 atom stereocenters. The van der Waals surface area contributed by atoms with Crippen LogP contribution in [0.4, 0.5) is 30.4 Å². The van der Waals surface area contributed by atoms with Crippen molar-refractivity contribution in [3.8, 4) is 11.5 Å². The van der Waals surface area contributed by atoms with E-state index in [-0.39, 0.29) is 30.2 Å². The number of rotatable bonds is 11.